The van der Waals surface area contributed by atoms with Crippen molar-refractivity contribution in [1.29, 1.82) is 0 Å². The van der Waals surface area contributed by atoms with Crippen LogP contribution in [-0.2, 0) is 109 Å². The van der Waals surface area contributed by atoms with Crippen LogP contribution in [-0.4, -0.2) is 416 Å². The number of carbonyl (C=O) groups excluding carboxylic acids is 4. The van der Waals surface area contributed by atoms with E-state index in [9.17, 15) is 126 Å². The maximum Gasteiger partial charge on any atom is 0.335 e. The van der Waals surface area contributed by atoms with Crippen LogP contribution in [0.2, 0.25) is 0 Å². The van der Waals surface area contributed by atoms with Gasteiger partial charge in [-0.1, -0.05) is 53.2 Å². The predicted molar refractivity (Wildman–Crippen MR) is 400 cm³/mol. The fourth-order valence-corrected chi connectivity index (χ4v) is 22.2. The van der Waals surface area contributed by atoms with Crippen LogP contribution in [0, 0.1) is 50.2 Å². The van der Waals surface area contributed by atoms with Crippen LogP contribution in [0.4, 0.5) is 0 Å². The van der Waals surface area contributed by atoms with Gasteiger partial charge < -0.3 is 197 Å². The summed E-state index contributed by atoms with van der Waals surface area (Å²) in [6.07, 6.45) is -72.7. The zero-order valence-corrected chi connectivity index (χ0v) is 70.2. The van der Waals surface area contributed by atoms with Gasteiger partial charge in [-0.3, -0.25) is 14.4 Å². The molecule has 5 aliphatic carbocycles. The van der Waals surface area contributed by atoms with Gasteiger partial charge in [-0.25, -0.2) is 4.79 Å². The minimum Gasteiger partial charge on any atom is -0.479 e. The standard InChI is InChI=1S/C80H124O44/c1-27-57(117-66-50(97)42(89)33(86)23-108-66)60(119-68-52(99)47(94)44(91)35(21-81)113-68)56(103)71(110-27)123-64-62(121-70-54(101)49(96)46(93)37(115-70)25-107-29(3)84)58(112-30(4)85)28(2)111-72(64)124-74(106)80-18-17-75(5,6)19-32(80)31-11-12-39-76(7)15-14-41(77(8,26-83)38(76)13-16-78(39,9)79(31,10)20-40(80)88)116-73-63(122-69-53(100)48(95)45(92)36(22-82)114-69)59(55(102)61(120-73)65(104)105)118-67-51(98)43(90)34(87)24-109-67/h11,26-28,32-64,66-73,81-82,86-103H,12-25H2,1-10H3,(H,104,105)/t27-,28+,32-,33+,34+,35+,36+,37+,38+,39+,40+,41-,42-,43-,44+,45-,46+,47-,48-,49-,50+,51+,52+,53+,54+,55-,56+,57-,58-,59-,60-,61-,62-,63+,64+,66-,67-,68-,69-,70-,71-,72-,73+,76-,77-,78+,79+,80+/m0/s1. The number of carboxylic acids is 1. The maximum atomic E-state index is 16.6. The summed E-state index contributed by atoms with van der Waals surface area (Å²) in [5.41, 5.74) is -5.80. The van der Waals surface area contributed by atoms with E-state index in [-0.39, 0.29) is 44.4 Å². The molecule has 8 aliphatic heterocycles. The third kappa shape index (κ3) is 17.6. The summed E-state index contributed by atoms with van der Waals surface area (Å²) < 4.78 is 110. The SMILES string of the molecule is CC(=O)OC[C@H]1O[C@@H](O[C@H]2[C@@H](OC(C)=O)[C@@H](C)O[C@@H](OC(=O)[C@]34CCC(C)(C)C[C@H]3C3=CC[C@@H]5[C@@]6(C)CC[C@H](O[C@@H]7O[C@H](C(=O)O)[C@@H](O)[C@H](O[C@@H]8OC[C@@H](O)[C@H](O)[C@H]8O)[C@H]7O[C@@H]7O[C@H](CO)[C@H](O)[C@H](O)[C@H]7O)[C@@](C)(C=O)[C@@H]6CC[C@@]5(C)[C@]3(C)C[C@H]4O)[C@@H]2O[C@@H]2O[C@@H](C)[C@H](O[C@@H]3OC[C@@H](O)[C@H](O)[C@H]3O)[C@@H](O[C@@H]3O[C@H](CO)[C@@H](O)[C@H](O)[C@H]3O)[C@H]2O)[C@H](O)[C@@H](O)[C@@H]1O. The lowest BCUT2D eigenvalue weighted by Crippen LogP contribution is -2.70. The third-order valence-electron chi connectivity index (χ3n) is 29.5. The van der Waals surface area contributed by atoms with Crippen molar-refractivity contribution in [3.05, 3.63) is 11.6 Å². The highest BCUT2D eigenvalue weighted by atomic mass is 16.8. The number of fused-ring (bicyclic) bond motifs is 7. The lowest BCUT2D eigenvalue weighted by molar-refractivity contribution is -0.404. The van der Waals surface area contributed by atoms with Gasteiger partial charge in [0, 0.05) is 13.8 Å². The number of carbonyl (C=O) groups is 5. The van der Waals surface area contributed by atoms with Crippen molar-refractivity contribution in [2.75, 3.05) is 33.0 Å². The van der Waals surface area contributed by atoms with Crippen LogP contribution in [0.1, 0.15) is 127 Å². The van der Waals surface area contributed by atoms with Crippen molar-refractivity contribution in [2.24, 2.45) is 50.2 Å². The van der Waals surface area contributed by atoms with Crippen LogP contribution in [0.5, 0.6) is 0 Å². The number of hydrogen-bond donors (Lipinski definition) is 21. The van der Waals surface area contributed by atoms with Crippen molar-refractivity contribution in [1.82, 2.24) is 0 Å². The predicted octanol–water partition coefficient (Wildman–Crippen LogP) is -8.02. The molecule has 12 fully saturated rings. The molecule has 0 radical (unpaired) electrons. The Morgan fingerprint density at radius 1 is 0.452 bits per heavy atom. The minimum absolute atomic E-state index is 0.0227. The molecule has 0 aromatic rings. The molecule has 4 saturated carbocycles. The number of aliphatic hydroxyl groups is 20. The Bertz CT molecular complexity index is 3730. The molecule has 708 valence electrons. The fraction of sp³-hybridized carbons (Fsp3) is 0.912. The van der Waals surface area contributed by atoms with E-state index in [0.29, 0.717) is 19.3 Å². The van der Waals surface area contributed by atoms with Gasteiger partial charge >= 0.3 is 23.9 Å². The summed E-state index contributed by atoms with van der Waals surface area (Å²) in [6, 6.07) is 0. The Morgan fingerprint density at radius 2 is 0.927 bits per heavy atom. The molecule has 44 heteroatoms. The fourth-order valence-electron chi connectivity index (χ4n) is 22.2. The monoisotopic (exact) mass is 1790 g/mol. The van der Waals surface area contributed by atoms with Gasteiger partial charge in [0.2, 0.25) is 6.29 Å². The molecule has 0 bridgehead atoms. The third-order valence-corrected chi connectivity index (χ3v) is 29.5. The molecule has 8 heterocycles. The van der Waals surface area contributed by atoms with Crippen molar-refractivity contribution in [3.8, 4) is 0 Å². The molecule has 8 saturated heterocycles. The molecule has 48 atom stereocenters. The van der Waals surface area contributed by atoms with Gasteiger partial charge in [-0.15, -0.1) is 0 Å². The van der Waals surface area contributed by atoms with E-state index in [1.165, 1.54) is 13.8 Å². The van der Waals surface area contributed by atoms with Gasteiger partial charge in [-0.05, 0) is 111 Å². The number of hydrogen-bond acceptors (Lipinski definition) is 43. The number of aliphatic hydroxyl groups excluding tert-OH is 20. The topological polar surface area (TPSA) is 676 Å². The zero-order valence-electron chi connectivity index (χ0n) is 70.2. The molecule has 0 amide bonds. The number of ether oxygens (including phenoxy) is 18. The number of aldehydes is 1. The van der Waals surface area contributed by atoms with Crippen LogP contribution in [0.25, 0.3) is 0 Å². The summed E-state index contributed by atoms with van der Waals surface area (Å²) >= 11 is 0. The number of esters is 3. The average molecular weight is 1790 g/mol. The van der Waals surface area contributed by atoms with Crippen LogP contribution in [0.15, 0.2) is 11.6 Å². The second-order valence-corrected chi connectivity index (χ2v) is 37.6. The van der Waals surface area contributed by atoms with Crippen molar-refractivity contribution >= 4 is 30.2 Å². The van der Waals surface area contributed by atoms with Crippen molar-refractivity contribution < 1.29 is 216 Å². The van der Waals surface area contributed by atoms with E-state index in [4.69, 9.17) is 85.3 Å². The molecular formula is C80H124O44. The number of carboxylic acid groups (broad SMARTS) is 1. The molecule has 13 aliphatic rings. The second kappa shape index (κ2) is 37.5. The first-order valence-corrected chi connectivity index (χ1v) is 42.3. The minimum atomic E-state index is -2.33. The van der Waals surface area contributed by atoms with E-state index >= 15 is 4.79 Å². The van der Waals surface area contributed by atoms with Gasteiger partial charge in [-0.2, -0.15) is 0 Å². The molecule has 0 aromatic carbocycles. The highest BCUT2D eigenvalue weighted by Crippen LogP contribution is 2.76. The average Bonchev–Trinajstić information content (AvgIpc) is 0.668. The van der Waals surface area contributed by atoms with E-state index in [1.807, 2.05) is 20.8 Å². The van der Waals surface area contributed by atoms with Crippen LogP contribution >= 0.6 is 0 Å². The largest absolute Gasteiger partial charge is 0.479 e. The number of allylic oxidation sites excluding steroid dienone is 2. The van der Waals surface area contributed by atoms with E-state index in [0.717, 1.165) is 25.7 Å². The Kier molecular flexibility index (Phi) is 29.5. The van der Waals surface area contributed by atoms with E-state index in [2.05, 4.69) is 19.9 Å². The normalized spacial score (nSPS) is 52.7. The molecule has 13 rings (SSSR count). The highest BCUT2D eigenvalue weighted by molar-refractivity contribution is 5.80. The Hall–Kier alpha value is -4.11. The molecular weight excluding hydrogens is 1660 g/mol. The van der Waals surface area contributed by atoms with Crippen LogP contribution < -0.4 is 0 Å². The maximum absolute atomic E-state index is 16.6. The first-order valence-electron chi connectivity index (χ1n) is 42.3. The Morgan fingerprint density at radius 3 is 1.46 bits per heavy atom. The molecule has 124 heavy (non-hydrogen) atoms. The second-order valence-electron chi connectivity index (χ2n) is 37.6. The van der Waals surface area contributed by atoms with Gasteiger partial charge in [0.15, 0.2) is 62.3 Å². The summed E-state index contributed by atoms with van der Waals surface area (Å²) in [5, 5.41) is 235. The first-order chi connectivity index (χ1) is 58.2. The lowest BCUT2D eigenvalue weighted by atomic mass is 9.33. The van der Waals surface area contributed by atoms with Crippen LogP contribution in [0.3, 0.4) is 0 Å². The van der Waals surface area contributed by atoms with Gasteiger partial charge in [0.25, 0.3) is 0 Å². The van der Waals surface area contributed by atoms with Gasteiger partial charge in [0.05, 0.1) is 56.3 Å². The molecule has 21 N–H and O–H groups in total. The number of aliphatic carboxylic acids is 1. The molecule has 0 unspecified atom stereocenters. The smallest absolute Gasteiger partial charge is 0.335 e. The summed E-state index contributed by atoms with van der Waals surface area (Å²) in [6.45, 7) is 12.8. The molecule has 44 nitrogen and oxygen atoms in total. The van der Waals surface area contributed by atoms with E-state index < -0.39 is 347 Å². The summed E-state index contributed by atoms with van der Waals surface area (Å²) in [4.78, 5) is 69.8. The Balaban J connectivity index is 0.834. The summed E-state index contributed by atoms with van der Waals surface area (Å²) in [5.74, 6) is -6.50. The first kappa shape index (κ1) is 97.4. The Labute approximate surface area is 711 Å². The quantitative estimate of drug-likeness (QED) is 0.0149. The molecule has 0 aromatic heterocycles. The molecule has 0 spiro atoms. The van der Waals surface area contributed by atoms with Crippen molar-refractivity contribution in [3.63, 3.8) is 0 Å². The zero-order chi connectivity index (χ0) is 90.8. The lowest BCUT2D eigenvalue weighted by Gasteiger charge is -2.71. The summed E-state index contributed by atoms with van der Waals surface area (Å²) in [7, 11) is 0. The number of rotatable bonds is 23. The highest BCUT2D eigenvalue weighted by Gasteiger charge is 2.74. The van der Waals surface area contributed by atoms with Crippen molar-refractivity contribution in [2.45, 2.75) is 373 Å². The van der Waals surface area contributed by atoms with E-state index in [1.54, 1.807) is 6.92 Å². The van der Waals surface area contributed by atoms with Gasteiger partial charge in [0.1, 0.15) is 171 Å².